The Kier molecular flexibility index (Phi) is 4.63. The first-order valence-corrected chi connectivity index (χ1v) is 6.49. The molecule has 0 heterocycles. The second kappa shape index (κ2) is 6.62. The third-order valence-electron chi connectivity index (χ3n) is 3.02. The number of methoxy groups -OCH3 is 2. The number of rotatable bonds is 3. The van der Waals surface area contributed by atoms with Crippen LogP contribution in [0.25, 0.3) is 0 Å². The average Bonchev–Trinajstić information content (AvgIpc) is 2.53. The molecule has 0 bridgehead atoms. The van der Waals surface area contributed by atoms with E-state index in [4.69, 9.17) is 9.47 Å². The van der Waals surface area contributed by atoms with Gasteiger partial charge >= 0.3 is 0 Å². The summed E-state index contributed by atoms with van der Waals surface area (Å²) < 4.78 is 10.4. The van der Waals surface area contributed by atoms with E-state index in [1.54, 1.807) is 18.2 Å². The van der Waals surface area contributed by atoms with Gasteiger partial charge in [0.1, 0.15) is 0 Å². The van der Waals surface area contributed by atoms with Gasteiger partial charge in [-0.25, -0.2) is 0 Å². The molecule has 0 amide bonds. The first kappa shape index (κ1) is 14.7. The van der Waals surface area contributed by atoms with Gasteiger partial charge in [-0.05, 0) is 37.1 Å². The Hall–Kier alpha value is -2.73. The number of carbonyl (C=O) groups is 1. The maximum absolute atomic E-state index is 12.2. The Morgan fingerprint density at radius 3 is 2.33 bits per heavy atom. The highest BCUT2D eigenvalue weighted by atomic mass is 16.5. The third kappa shape index (κ3) is 3.43. The predicted molar refractivity (Wildman–Crippen MR) is 81.9 cm³/mol. The van der Waals surface area contributed by atoms with E-state index in [1.165, 1.54) is 14.2 Å². The lowest BCUT2D eigenvalue weighted by Crippen LogP contribution is -2.01. The topological polar surface area (TPSA) is 35.5 Å². The smallest absolute Gasteiger partial charge is 0.240 e. The average molecular weight is 280 g/mol. The van der Waals surface area contributed by atoms with Crippen molar-refractivity contribution in [2.24, 2.45) is 0 Å². The van der Waals surface area contributed by atoms with Crippen LogP contribution in [0.2, 0.25) is 0 Å². The van der Waals surface area contributed by atoms with Crippen molar-refractivity contribution in [2.75, 3.05) is 14.2 Å². The quantitative estimate of drug-likeness (QED) is 0.639. The Balaban J connectivity index is 2.31. The van der Waals surface area contributed by atoms with Crippen molar-refractivity contribution in [3.05, 3.63) is 59.2 Å². The zero-order chi connectivity index (χ0) is 15.2. The fourth-order valence-corrected chi connectivity index (χ4v) is 1.90. The molecule has 2 aromatic carbocycles. The van der Waals surface area contributed by atoms with Crippen LogP contribution >= 0.6 is 0 Å². The van der Waals surface area contributed by atoms with Crippen molar-refractivity contribution in [3.8, 4) is 23.3 Å². The Labute approximate surface area is 124 Å². The number of carbonyl (C=O) groups excluding carboxylic acids is 1. The Morgan fingerprint density at radius 1 is 1.00 bits per heavy atom. The van der Waals surface area contributed by atoms with Crippen LogP contribution in [-0.2, 0) is 0 Å². The van der Waals surface area contributed by atoms with Crippen LogP contribution in [0, 0.1) is 18.8 Å². The number of aryl methyl sites for hydroxylation is 1. The zero-order valence-corrected chi connectivity index (χ0v) is 12.3. The molecule has 3 heteroatoms. The van der Waals surface area contributed by atoms with Gasteiger partial charge in [-0.3, -0.25) is 4.79 Å². The molecule has 21 heavy (non-hydrogen) atoms. The van der Waals surface area contributed by atoms with Gasteiger partial charge in [-0.1, -0.05) is 29.7 Å². The van der Waals surface area contributed by atoms with E-state index in [2.05, 4.69) is 11.8 Å². The number of ketones is 1. The van der Waals surface area contributed by atoms with Crippen LogP contribution < -0.4 is 9.47 Å². The molecule has 0 radical (unpaired) electrons. The summed E-state index contributed by atoms with van der Waals surface area (Å²) in [6.07, 6.45) is 0. The van der Waals surface area contributed by atoms with Crippen LogP contribution in [0.3, 0.4) is 0 Å². The van der Waals surface area contributed by atoms with Gasteiger partial charge in [0.2, 0.25) is 5.78 Å². The zero-order valence-electron chi connectivity index (χ0n) is 12.3. The molecule has 0 saturated heterocycles. The monoisotopic (exact) mass is 280 g/mol. The minimum atomic E-state index is -0.300. The molecule has 0 spiro atoms. The van der Waals surface area contributed by atoms with Crippen molar-refractivity contribution in [1.82, 2.24) is 0 Å². The minimum Gasteiger partial charge on any atom is -0.493 e. The number of hydrogen-bond donors (Lipinski definition) is 0. The molecular formula is C18H16O3. The van der Waals surface area contributed by atoms with Crippen molar-refractivity contribution in [1.29, 1.82) is 0 Å². The van der Waals surface area contributed by atoms with Gasteiger partial charge in [-0.2, -0.15) is 0 Å². The highest BCUT2D eigenvalue weighted by molar-refractivity contribution is 6.11. The standard InChI is InChI=1S/C18H16O3/c1-13-7-9-14(10-8-13)11-12-16(19)15-5-4-6-17(20-2)18(15)21-3/h4-10H,1-3H3. The number of Topliss-reactive ketones (excluding diaryl/α,β-unsaturated/α-hetero) is 1. The van der Waals surface area contributed by atoms with Gasteiger partial charge in [0, 0.05) is 5.56 Å². The molecule has 106 valence electrons. The fraction of sp³-hybridized carbons (Fsp3) is 0.167. The van der Waals surface area contributed by atoms with Gasteiger partial charge in [-0.15, -0.1) is 0 Å². The minimum absolute atomic E-state index is 0.300. The fourth-order valence-electron chi connectivity index (χ4n) is 1.90. The highest BCUT2D eigenvalue weighted by Gasteiger charge is 2.14. The second-order valence-electron chi connectivity index (χ2n) is 4.49. The van der Waals surface area contributed by atoms with Gasteiger partial charge in [0.05, 0.1) is 19.8 Å². The summed E-state index contributed by atoms with van der Waals surface area (Å²) in [6, 6.07) is 12.8. The summed E-state index contributed by atoms with van der Waals surface area (Å²) >= 11 is 0. The molecule has 2 aromatic rings. The second-order valence-corrected chi connectivity index (χ2v) is 4.49. The lowest BCUT2D eigenvalue weighted by Gasteiger charge is -2.09. The molecule has 0 saturated carbocycles. The summed E-state index contributed by atoms with van der Waals surface area (Å²) in [7, 11) is 3.03. The summed E-state index contributed by atoms with van der Waals surface area (Å²) in [5.41, 5.74) is 2.36. The first-order chi connectivity index (χ1) is 10.2. The lowest BCUT2D eigenvalue weighted by molar-refractivity contribution is 0.105. The molecule has 0 aliphatic carbocycles. The molecule has 3 nitrogen and oxygen atoms in total. The molecule has 2 rings (SSSR count). The first-order valence-electron chi connectivity index (χ1n) is 6.49. The largest absolute Gasteiger partial charge is 0.493 e. The summed E-state index contributed by atoms with van der Waals surface area (Å²) in [6.45, 7) is 2.00. The molecule has 0 N–H and O–H groups in total. The van der Waals surface area contributed by atoms with E-state index in [0.29, 0.717) is 17.1 Å². The van der Waals surface area contributed by atoms with Crippen LogP contribution in [0.1, 0.15) is 21.5 Å². The SMILES string of the molecule is COc1cccc(C(=O)C#Cc2ccc(C)cc2)c1OC. The van der Waals surface area contributed by atoms with Gasteiger partial charge in [0.15, 0.2) is 11.5 Å². The molecule has 0 atom stereocenters. The maximum atomic E-state index is 12.2. The van der Waals surface area contributed by atoms with Gasteiger partial charge in [0.25, 0.3) is 0 Å². The maximum Gasteiger partial charge on any atom is 0.240 e. The number of ether oxygens (including phenoxy) is 2. The highest BCUT2D eigenvalue weighted by Crippen LogP contribution is 2.30. The van der Waals surface area contributed by atoms with Crippen molar-refractivity contribution < 1.29 is 14.3 Å². The van der Waals surface area contributed by atoms with E-state index >= 15 is 0 Å². The van der Waals surface area contributed by atoms with E-state index in [1.807, 2.05) is 31.2 Å². The van der Waals surface area contributed by atoms with Crippen LogP contribution in [0.4, 0.5) is 0 Å². The summed E-state index contributed by atoms with van der Waals surface area (Å²) in [5, 5.41) is 0. The molecule has 0 aromatic heterocycles. The van der Waals surface area contributed by atoms with Crippen LogP contribution in [-0.4, -0.2) is 20.0 Å². The molecule has 0 aliphatic heterocycles. The van der Waals surface area contributed by atoms with E-state index in [-0.39, 0.29) is 5.78 Å². The number of para-hydroxylation sites is 1. The summed E-state index contributed by atoms with van der Waals surface area (Å²) in [4.78, 5) is 12.2. The van der Waals surface area contributed by atoms with Crippen LogP contribution in [0.15, 0.2) is 42.5 Å². The van der Waals surface area contributed by atoms with Crippen molar-refractivity contribution in [2.45, 2.75) is 6.92 Å². The number of benzene rings is 2. The normalized spacial score (nSPS) is 9.48. The van der Waals surface area contributed by atoms with Crippen LogP contribution in [0.5, 0.6) is 11.5 Å². The van der Waals surface area contributed by atoms with E-state index in [9.17, 15) is 4.79 Å². The van der Waals surface area contributed by atoms with E-state index in [0.717, 1.165) is 11.1 Å². The Morgan fingerprint density at radius 2 is 1.71 bits per heavy atom. The molecule has 0 fully saturated rings. The van der Waals surface area contributed by atoms with Gasteiger partial charge < -0.3 is 9.47 Å². The molecule has 0 aliphatic rings. The summed E-state index contributed by atoms with van der Waals surface area (Å²) in [5.74, 6) is 6.12. The van der Waals surface area contributed by atoms with E-state index < -0.39 is 0 Å². The lowest BCUT2D eigenvalue weighted by atomic mass is 10.1. The number of hydrogen-bond acceptors (Lipinski definition) is 3. The third-order valence-corrected chi connectivity index (χ3v) is 3.02. The van der Waals surface area contributed by atoms with Crippen molar-refractivity contribution in [3.63, 3.8) is 0 Å². The molecular weight excluding hydrogens is 264 g/mol. The van der Waals surface area contributed by atoms with Crippen molar-refractivity contribution >= 4 is 5.78 Å². The predicted octanol–water partition coefficient (Wildman–Crippen LogP) is 3.25. The Bertz CT molecular complexity index is 703. The molecule has 0 unspecified atom stereocenters.